The van der Waals surface area contributed by atoms with Gasteiger partial charge >= 0.3 is 0 Å². The van der Waals surface area contributed by atoms with E-state index in [1.54, 1.807) is 16.2 Å². The summed E-state index contributed by atoms with van der Waals surface area (Å²) in [5.41, 5.74) is 0.273. The summed E-state index contributed by atoms with van der Waals surface area (Å²) in [4.78, 5) is 19.4. The van der Waals surface area contributed by atoms with Crippen LogP contribution < -0.4 is 5.32 Å². The van der Waals surface area contributed by atoms with Crippen LogP contribution in [0.4, 0.5) is 10.2 Å². The number of anilines is 1. The van der Waals surface area contributed by atoms with Gasteiger partial charge in [-0.05, 0) is 31.4 Å². The molecule has 0 fully saturated rings. The summed E-state index contributed by atoms with van der Waals surface area (Å²) in [6.45, 7) is 5.51. The molecule has 2 aromatic heterocycles. The summed E-state index contributed by atoms with van der Waals surface area (Å²) < 4.78 is 13.4. The lowest BCUT2D eigenvalue weighted by atomic mass is 10.2. The van der Waals surface area contributed by atoms with Crippen molar-refractivity contribution in [2.75, 3.05) is 18.4 Å². The zero-order chi connectivity index (χ0) is 15.2. The van der Waals surface area contributed by atoms with Crippen LogP contribution >= 0.6 is 11.3 Å². The largest absolute Gasteiger partial charge is 0.370 e. The Morgan fingerprint density at radius 2 is 2.29 bits per heavy atom. The molecule has 0 aliphatic rings. The lowest BCUT2D eigenvalue weighted by molar-refractivity contribution is 0.0754. The number of pyridine rings is 1. The average molecular weight is 307 g/mol. The summed E-state index contributed by atoms with van der Waals surface area (Å²) in [7, 11) is 0. The highest BCUT2D eigenvalue weighted by atomic mass is 32.1. The number of thiophene rings is 1. The average Bonchev–Trinajstić information content (AvgIpc) is 2.99. The summed E-state index contributed by atoms with van der Waals surface area (Å²) in [5.74, 6) is -0.297. The van der Waals surface area contributed by atoms with E-state index in [1.165, 1.54) is 6.07 Å². The van der Waals surface area contributed by atoms with Gasteiger partial charge in [-0.1, -0.05) is 6.07 Å². The fraction of sp³-hybridized carbons (Fsp3) is 0.333. The first-order valence-electron chi connectivity index (χ1n) is 6.86. The zero-order valence-electron chi connectivity index (χ0n) is 12.1. The smallest absolute Gasteiger partial charge is 0.258 e. The molecule has 112 valence electrons. The Labute approximate surface area is 127 Å². The maximum atomic E-state index is 13.4. The predicted octanol–water partition coefficient (Wildman–Crippen LogP) is 3.38. The van der Waals surface area contributed by atoms with Gasteiger partial charge in [-0.2, -0.15) is 0 Å². The summed E-state index contributed by atoms with van der Waals surface area (Å²) in [6.07, 6.45) is 1.12. The standard InChI is InChI=1S/C15H18FN3OS/c1-3-17-14-13(8-11(16)9-18-14)15(20)19(4-2)10-12-6-5-7-21-12/h5-9H,3-4,10H2,1-2H3,(H,17,18). The molecule has 6 heteroatoms. The molecular weight excluding hydrogens is 289 g/mol. The molecule has 0 aliphatic carbocycles. The van der Waals surface area contributed by atoms with E-state index in [-0.39, 0.29) is 11.5 Å². The summed E-state index contributed by atoms with van der Waals surface area (Å²) >= 11 is 1.60. The minimum atomic E-state index is -0.507. The minimum absolute atomic E-state index is 0.214. The number of aromatic nitrogens is 1. The second kappa shape index (κ2) is 7.17. The van der Waals surface area contributed by atoms with Crippen LogP contribution in [-0.4, -0.2) is 28.9 Å². The third-order valence-corrected chi connectivity index (χ3v) is 3.89. The quantitative estimate of drug-likeness (QED) is 0.890. The first kappa shape index (κ1) is 15.4. The molecule has 2 aromatic rings. The number of halogens is 1. The van der Waals surface area contributed by atoms with Gasteiger partial charge in [0.05, 0.1) is 18.3 Å². The maximum Gasteiger partial charge on any atom is 0.258 e. The molecule has 21 heavy (non-hydrogen) atoms. The van der Waals surface area contributed by atoms with Crippen molar-refractivity contribution in [2.45, 2.75) is 20.4 Å². The molecule has 0 bridgehead atoms. The Hall–Kier alpha value is -1.95. The highest BCUT2D eigenvalue weighted by molar-refractivity contribution is 7.09. The van der Waals surface area contributed by atoms with Gasteiger partial charge in [0.15, 0.2) is 0 Å². The lowest BCUT2D eigenvalue weighted by Gasteiger charge is -2.21. The first-order valence-corrected chi connectivity index (χ1v) is 7.74. The number of carbonyl (C=O) groups excluding carboxylic acids is 1. The lowest BCUT2D eigenvalue weighted by Crippen LogP contribution is -2.31. The molecule has 4 nitrogen and oxygen atoms in total. The Bertz CT molecular complexity index is 601. The predicted molar refractivity (Wildman–Crippen MR) is 83.1 cm³/mol. The van der Waals surface area contributed by atoms with Crippen LogP contribution in [0.5, 0.6) is 0 Å². The van der Waals surface area contributed by atoms with Gasteiger partial charge in [0.2, 0.25) is 0 Å². The number of carbonyl (C=O) groups is 1. The van der Waals surface area contributed by atoms with E-state index in [9.17, 15) is 9.18 Å². The number of nitrogens with zero attached hydrogens (tertiary/aromatic N) is 2. The van der Waals surface area contributed by atoms with E-state index in [2.05, 4.69) is 10.3 Å². The van der Waals surface area contributed by atoms with Crippen molar-refractivity contribution in [3.8, 4) is 0 Å². The van der Waals surface area contributed by atoms with E-state index < -0.39 is 5.82 Å². The number of amides is 1. The normalized spacial score (nSPS) is 10.4. The van der Waals surface area contributed by atoms with Crippen LogP contribution in [0.2, 0.25) is 0 Å². The van der Waals surface area contributed by atoms with Gasteiger partial charge in [0.1, 0.15) is 11.6 Å². The van der Waals surface area contributed by atoms with Crippen molar-refractivity contribution >= 4 is 23.1 Å². The molecule has 1 amide bonds. The molecule has 1 N–H and O–H groups in total. The van der Waals surface area contributed by atoms with Crippen molar-refractivity contribution in [2.24, 2.45) is 0 Å². The number of nitrogens with one attached hydrogen (secondary N) is 1. The van der Waals surface area contributed by atoms with Crippen molar-refractivity contribution in [3.05, 3.63) is 46.0 Å². The van der Waals surface area contributed by atoms with Gasteiger partial charge in [0, 0.05) is 18.0 Å². The molecule has 0 atom stereocenters. The van der Waals surface area contributed by atoms with Crippen LogP contribution in [0, 0.1) is 5.82 Å². The van der Waals surface area contributed by atoms with Gasteiger partial charge < -0.3 is 10.2 Å². The molecule has 0 saturated heterocycles. The molecule has 0 aliphatic heterocycles. The highest BCUT2D eigenvalue weighted by Gasteiger charge is 2.20. The van der Waals surface area contributed by atoms with Crippen LogP contribution in [0.1, 0.15) is 29.1 Å². The molecule has 2 heterocycles. The van der Waals surface area contributed by atoms with Crippen molar-refractivity contribution in [1.29, 1.82) is 0 Å². The van der Waals surface area contributed by atoms with Crippen LogP contribution in [-0.2, 0) is 6.54 Å². The van der Waals surface area contributed by atoms with E-state index in [4.69, 9.17) is 0 Å². The Morgan fingerprint density at radius 3 is 2.90 bits per heavy atom. The minimum Gasteiger partial charge on any atom is -0.370 e. The molecule has 0 saturated carbocycles. The highest BCUT2D eigenvalue weighted by Crippen LogP contribution is 2.19. The van der Waals surface area contributed by atoms with Crippen LogP contribution in [0.15, 0.2) is 29.8 Å². The van der Waals surface area contributed by atoms with Crippen LogP contribution in [0.25, 0.3) is 0 Å². The van der Waals surface area contributed by atoms with Crippen LogP contribution in [0.3, 0.4) is 0 Å². The van der Waals surface area contributed by atoms with Gasteiger partial charge in [0.25, 0.3) is 5.91 Å². The number of rotatable bonds is 6. The molecule has 2 rings (SSSR count). The molecule has 0 radical (unpaired) electrons. The fourth-order valence-corrected chi connectivity index (χ4v) is 2.72. The first-order chi connectivity index (χ1) is 10.2. The Morgan fingerprint density at radius 1 is 1.48 bits per heavy atom. The fourth-order valence-electron chi connectivity index (χ4n) is 2.00. The van der Waals surface area contributed by atoms with E-state index >= 15 is 0 Å². The Kier molecular flexibility index (Phi) is 5.27. The molecule has 0 aromatic carbocycles. The Balaban J connectivity index is 2.26. The number of hydrogen-bond acceptors (Lipinski definition) is 4. The zero-order valence-corrected chi connectivity index (χ0v) is 12.9. The van der Waals surface area contributed by atoms with Gasteiger partial charge in [-0.25, -0.2) is 9.37 Å². The third kappa shape index (κ3) is 3.78. The molecule has 0 unspecified atom stereocenters. The summed E-state index contributed by atoms with van der Waals surface area (Å²) in [6, 6.07) is 5.17. The monoisotopic (exact) mass is 307 g/mol. The van der Waals surface area contributed by atoms with Gasteiger partial charge in [-0.3, -0.25) is 4.79 Å². The molecule has 0 spiro atoms. The topological polar surface area (TPSA) is 45.2 Å². The van der Waals surface area contributed by atoms with Crippen molar-refractivity contribution < 1.29 is 9.18 Å². The molecular formula is C15H18FN3OS. The second-order valence-corrected chi connectivity index (χ2v) is 5.51. The second-order valence-electron chi connectivity index (χ2n) is 4.48. The van der Waals surface area contributed by atoms with E-state index in [1.807, 2.05) is 31.4 Å². The van der Waals surface area contributed by atoms with E-state index in [0.717, 1.165) is 11.1 Å². The summed E-state index contributed by atoms with van der Waals surface area (Å²) in [5, 5.41) is 4.97. The van der Waals surface area contributed by atoms with Crippen molar-refractivity contribution in [3.63, 3.8) is 0 Å². The number of hydrogen-bond donors (Lipinski definition) is 1. The maximum absolute atomic E-state index is 13.4. The SMILES string of the molecule is CCNc1ncc(F)cc1C(=O)N(CC)Cc1cccs1. The van der Waals surface area contributed by atoms with E-state index in [0.29, 0.717) is 25.5 Å². The van der Waals surface area contributed by atoms with Crippen molar-refractivity contribution in [1.82, 2.24) is 9.88 Å². The third-order valence-electron chi connectivity index (χ3n) is 3.02. The van der Waals surface area contributed by atoms with Gasteiger partial charge in [-0.15, -0.1) is 11.3 Å².